The highest BCUT2D eigenvalue weighted by Crippen LogP contribution is 2.40. The molecule has 0 aromatic heterocycles. The number of nitrogens with zero attached hydrogens (tertiary/aromatic N) is 1. The van der Waals surface area contributed by atoms with Gasteiger partial charge in [0, 0.05) is 30.3 Å². The van der Waals surface area contributed by atoms with Crippen molar-refractivity contribution < 1.29 is 14.4 Å². The van der Waals surface area contributed by atoms with E-state index in [0.29, 0.717) is 6.54 Å². The van der Waals surface area contributed by atoms with Crippen LogP contribution in [0, 0.1) is 17.8 Å². The molecule has 0 aliphatic carbocycles. The van der Waals surface area contributed by atoms with E-state index in [1.807, 2.05) is 0 Å². The average Bonchev–Trinajstić information content (AvgIpc) is 2.67. The molecule has 0 radical (unpaired) electrons. The van der Waals surface area contributed by atoms with Crippen molar-refractivity contribution >= 4 is 17.3 Å². The van der Waals surface area contributed by atoms with Gasteiger partial charge in [-0.1, -0.05) is 0 Å². The molecular formula is C14H21NO3. The van der Waals surface area contributed by atoms with Crippen LogP contribution in [-0.4, -0.2) is 41.4 Å². The van der Waals surface area contributed by atoms with Crippen LogP contribution in [0.3, 0.4) is 0 Å². The lowest BCUT2D eigenvalue weighted by atomic mass is 9.76. The Hall–Kier alpha value is -1.03. The predicted molar refractivity (Wildman–Crippen MR) is 67.1 cm³/mol. The largest absolute Gasteiger partial charge is 0.300 e. The van der Waals surface area contributed by atoms with Crippen LogP contribution in [0.5, 0.6) is 0 Å². The van der Waals surface area contributed by atoms with E-state index in [0.717, 1.165) is 19.4 Å². The minimum absolute atomic E-state index is 0.0392. The van der Waals surface area contributed by atoms with Crippen LogP contribution in [0.4, 0.5) is 0 Å². The van der Waals surface area contributed by atoms with Crippen molar-refractivity contribution in [1.29, 1.82) is 0 Å². The molecule has 4 nitrogen and oxygen atoms in total. The molecule has 0 bridgehead atoms. The third-order valence-electron chi connectivity index (χ3n) is 4.54. The molecule has 2 aliphatic heterocycles. The highest BCUT2D eigenvalue weighted by Gasteiger charge is 2.51. The van der Waals surface area contributed by atoms with E-state index >= 15 is 0 Å². The summed E-state index contributed by atoms with van der Waals surface area (Å²) >= 11 is 0. The molecule has 0 spiro atoms. The van der Waals surface area contributed by atoms with E-state index in [-0.39, 0.29) is 41.1 Å². The summed E-state index contributed by atoms with van der Waals surface area (Å²) in [6, 6.07) is -0.0392. The minimum Gasteiger partial charge on any atom is -0.300 e. The lowest BCUT2D eigenvalue weighted by molar-refractivity contribution is -0.131. The topological polar surface area (TPSA) is 54.5 Å². The molecule has 0 unspecified atom stereocenters. The number of hydrogen-bond donors (Lipinski definition) is 0. The average molecular weight is 251 g/mol. The smallest absolute Gasteiger partial charge is 0.135 e. The van der Waals surface area contributed by atoms with E-state index in [1.54, 1.807) is 20.8 Å². The van der Waals surface area contributed by atoms with E-state index in [1.165, 1.54) is 0 Å². The number of Topliss-reactive ketones (excluding diaryl/α,β-unsaturated/α-hetero) is 3. The maximum atomic E-state index is 11.9. The molecule has 0 aromatic rings. The number of hydrogen-bond acceptors (Lipinski definition) is 4. The van der Waals surface area contributed by atoms with Crippen LogP contribution in [0.25, 0.3) is 0 Å². The van der Waals surface area contributed by atoms with Gasteiger partial charge in [0.15, 0.2) is 0 Å². The van der Waals surface area contributed by atoms with E-state index < -0.39 is 0 Å². The first-order valence-electron chi connectivity index (χ1n) is 6.69. The van der Waals surface area contributed by atoms with Crippen LogP contribution >= 0.6 is 0 Å². The summed E-state index contributed by atoms with van der Waals surface area (Å²) in [6.45, 7) is 6.26. The van der Waals surface area contributed by atoms with Crippen molar-refractivity contribution in [3.05, 3.63) is 0 Å². The van der Waals surface area contributed by atoms with Gasteiger partial charge in [-0.25, -0.2) is 0 Å². The molecule has 0 saturated carbocycles. The molecule has 18 heavy (non-hydrogen) atoms. The standard InChI is InChI=1S/C14H21NO3/c1-8(16)11-5-4-6-15-7-12(9(2)17)13(10(3)18)14(11)15/h11-14H,4-7H2,1-3H3/t11-,12+,13-,14-/m1/s1. The lowest BCUT2D eigenvalue weighted by Crippen LogP contribution is -2.47. The van der Waals surface area contributed by atoms with Crippen LogP contribution in [-0.2, 0) is 14.4 Å². The van der Waals surface area contributed by atoms with Gasteiger partial charge >= 0.3 is 0 Å². The van der Waals surface area contributed by atoms with E-state index in [4.69, 9.17) is 0 Å². The van der Waals surface area contributed by atoms with Gasteiger partial charge in [0.25, 0.3) is 0 Å². The summed E-state index contributed by atoms with van der Waals surface area (Å²) in [5, 5.41) is 0. The zero-order chi connectivity index (χ0) is 13.4. The van der Waals surface area contributed by atoms with E-state index in [9.17, 15) is 14.4 Å². The van der Waals surface area contributed by atoms with Crippen molar-refractivity contribution in [2.75, 3.05) is 13.1 Å². The number of rotatable bonds is 3. The quantitative estimate of drug-likeness (QED) is 0.753. The SMILES string of the molecule is CC(=O)[C@H]1[C@H]2[C@@H](C(C)=O)CCCN2C[C@H]1C(C)=O. The lowest BCUT2D eigenvalue weighted by Gasteiger charge is -2.37. The van der Waals surface area contributed by atoms with Crippen LogP contribution in [0.15, 0.2) is 0 Å². The Kier molecular flexibility index (Phi) is 3.66. The zero-order valence-corrected chi connectivity index (χ0v) is 11.3. The normalized spacial score (nSPS) is 36.2. The first-order chi connectivity index (χ1) is 8.43. The molecule has 4 heteroatoms. The fraction of sp³-hybridized carbons (Fsp3) is 0.786. The second-order valence-electron chi connectivity index (χ2n) is 5.70. The monoisotopic (exact) mass is 251 g/mol. The zero-order valence-electron chi connectivity index (χ0n) is 11.3. The van der Waals surface area contributed by atoms with Crippen LogP contribution < -0.4 is 0 Å². The molecule has 2 saturated heterocycles. The Morgan fingerprint density at radius 1 is 0.944 bits per heavy atom. The first kappa shape index (κ1) is 13.4. The van der Waals surface area contributed by atoms with Gasteiger partial charge in [0.2, 0.25) is 0 Å². The molecule has 100 valence electrons. The molecular weight excluding hydrogens is 230 g/mol. The van der Waals surface area contributed by atoms with Gasteiger partial charge in [0.1, 0.15) is 17.3 Å². The third-order valence-corrected chi connectivity index (χ3v) is 4.54. The summed E-state index contributed by atoms with van der Waals surface area (Å²) in [5.41, 5.74) is 0. The number of carbonyl (C=O) groups is 3. The van der Waals surface area contributed by atoms with Crippen molar-refractivity contribution in [2.45, 2.75) is 39.7 Å². The summed E-state index contributed by atoms with van der Waals surface area (Å²) in [5.74, 6) is -0.288. The van der Waals surface area contributed by atoms with Crippen molar-refractivity contribution in [3.63, 3.8) is 0 Å². The Labute approximate surface area is 108 Å². The Balaban J connectivity index is 2.33. The Morgan fingerprint density at radius 2 is 1.56 bits per heavy atom. The predicted octanol–water partition coefficient (Wildman–Crippen LogP) is 1.08. The number of carbonyl (C=O) groups excluding carboxylic acids is 3. The highest BCUT2D eigenvalue weighted by molar-refractivity contribution is 5.90. The number of piperidine rings is 1. The number of fused-ring (bicyclic) bond motifs is 1. The molecule has 2 fully saturated rings. The van der Waals surface area contributed by atoms with Crippen molar-refractivity contribution in [3.8, 4) is 0 Å². The summed E-state index contributed by atoms with van der Waals surface area (Å²) in [4.78, 5) is 37.6. The highest BCUT2D eigenvalue weighted by atomic mass is 16.1. The van der Waals surface area contributed by atoms with Gasteiger partial charge in [-0.15, -0.1) is 0 Å². The van der Waals surface area contributed by atoms with Gasteiger partial charge in [-0.05, 0) is 40.2 Å². The van der Waals surface area contributed by atoms with Crippen LogP contribution in [0.2, 0.25) is 0 Å². The van der Waals surface area contributed by atoms with Crippen molar-refractivity contribution in [1.82, 2.24) is 4.90 Å². The Morgan fingerprint density at radius 3 is 2.06 bits per heavy atom. The van der Waals surface area contributed by atoms with Gasteiger partial charge in [-0.2, -0.15) is 0 Å². The minimum atomic E-state index is -0.281. The molecule has 2 heterocycles. The Bertz CT molecular complexity index is 391. The summed E-state index contributed by atoms with van der Waals surface area (Å²) in [7, 11) is 0. The molecule has 2 aliphatic rings. The van der Waals surface area contributed by atoms with Gasteiger partial charge < -0.3 is 0 Å². The van der Waals surface area contributed by atoms with Gasteiger partial charge in [0.05, 0.1) is 0 Å². The maximum Gasteiger partial charge on any atom is 0.135 e. The first-order valence-corrected chi connectivity index (χ1v) is 6.69. The summed E-state index contributed by atoms with van der Waals surface area (Å²) in [6.07, 6.45) is 1.83. The molecule has 4 atom stereocenters. The fourth-order valence-corrected chi connectivity index (χ4v) is 3.73. The second kappa shape index (κ2) is 4.92. The van der Waals surface area contributed by atoms with E-state index in [2.05, 4.69) is 4.90 Å². The van der Waals surface area contributed by atoms with Crippen LogP contribution in [0.1, 0.15) is 33.6 Å². The van der Waals surface area contributed by atoms with Crippen molar-refractivity contribution in [2.24, 2.45) is 17.8 Å². The third kappa shape index (κ3) is 2.14. The number of ketones is 3. The molecule has 0 amide bonds. The fourth-order valence-electron chi connectivity index (χ4n) is 3.73. The molecule has 0 N–H and O–H groups in total. The molecule has 2 rings (SSSR count). The maximum absolute atomic E-state index is 11.9. The molecule has 0 aromatic carbocycles. The second-order valence-corrected chi connectivity index (χ2v) is 5.70. The summed E-state index contributed by atoms with van der Waals surface area (Å²) < 4.78 is 0. The van der Waals surface area contributed by atoms with Gasteiger partial charge in [-0.3, -0.25) is 19.3 Å².